The molecule has 0 saturated heterocycles. The highest BCUT2D eigenvalue weighted by atomic mass is 16.2. The van der Waals surface area contributed by atoms with Crippen LogP contribution in [0.3, 0.4) is 0 Å². The van der Waals surface area contributed by atoms with E-state index in [1.54, 1.807) is 37.8 Å². The maximum absolute atomic E-state index is 11.8. The van der Waals surface area contributed by atoms with Gasteiger partial charge >= 0.3 is 0 Å². The van der Waals surface area contributed by atoms with Gasteiger partial charge in [-0.25, -0.2) is 0 Å². The standard InChI is InChI=1S/C11H13N5O/c1-16-10(2-3-15-16)11(17)14-6-8-4-9(12)7-13-5-8/h2-5,7H,6,12H2,1H3,(H,14,17). The lowest BCUT2D eigenvalue weighted by atomic mass is 10.2. The monoisotopic (exact) mass is 231 g/mol. The third-order valence-corrected chi connectivity index (χ3v) is 2.32. The molecule has 1 amide bonds. The van der Waals surface area contributed by atoms with Crippen molar-refractivity contribution in [3.05, 3.63) is 42.0 Å². The average molecular weight is 231 g/mol. The van der Waals surface area contributed by atoms with Crippen LogP contribution in [0, 0.1) is 0 Å². The number of carbonyl (C=O) groups is 1. The van der Waals surface area contributed by atoms with Gasteiger partial charge in [0.05, 0.1) is 5.69 Å². The zero-order valence-electron chi connectivity index (χ0n) is 9.42. The van der Waals surface area contributed by atoms with E-state index in [9.17, 15) is 4.79 Å². The quantitative estimate of drug-likeness (QED) is 0.797. The zero-order chi connectivity index (χ0) is 12.3. The van der Waals surface area contributed by atoms with Crippen LogP contribution in [-0.2, 0) is 13.6 Å². The molecule has 0 atom stereocenters. The molecule has 2 aromatic heterocycles. The third-order valence-electron chi connectivity index (χ3n) is 2.32. The average Bonchev–Trinajstić information content (AvgIpc) is 2.72. The van der Waals surface area contributed by atoms with Gasteiger partial charge in [0.25, 0.3) is 5.91 Å². The minimum atomic E-state index is -0.174. The Morgan fingerprint density at radius 1 is 1.53 bits per heavy atom. The molecule has 88 valence electrons. The highest BCUT2D eigenvalue weighted by Crippen LogP contribution is 2.04. The number of hydrogen-bond donors (Lipinski definition) is 2. The number of hydrogen-bond acceptors (Lipinski definition) is 4. The molecule has 0 radical (unpaired) electrons. The Balaban J connectivity index is 1.99. The highest BCUT2D eigenvalue weighted by molar-refractivity contribution is 5.92. The predicted octanol–water partition coefficient (Wildman–Crippen LogP) is 0.327. The number of nitrogens with zero attached hydrogens (tertiary/aromatic N) is 3. The summed E-state index contributed by atoms with van der Waals surface area (Å²) in [5, 5.41) is 6.70. The Hall–Kier alpha value is -2.37. The largest absolute Gasteiger partial charge is 0.397 e. The Labute approximate surface area is 98.5 Å². The van der Waals surface area contributed by atoms with Crippen molar-refractivity contribution < 1.29 is 4.79 Å². The number of aryl methyl sites for hydroxylation is 1. The number of carbonyl (C=O) groups excluding carboxylic acids is 1. The Morgan fingerprint density at radius 3 is 3.00 bits per heavy atom. The van der Waals surface area contributed by atoms with Gasteiger partial charge in [-0.1, -0.05) is 0 Å². The molecule has 0 spiro atoms. The molecule has 17 heavy (non-hydrogen) atoms. The van der Waals surface area contributed by atoms with E-state index in [4.69, 9.17) is 5.73 Å². The van der Waals surface area contributed by atoms with Crippen molar-refractivity contribution in [2.45, 2.75) is 6.54 Å². The Bertz CT molecular complexity index is 534. The van der Waals surface area contributed by atoms with Crippen molar-refractivity contribution in [1.82, 2.24) is 20.1 Å². The maximum atomic E-state index is 11.8. The van der Waals surface area contributed by atoms with Crippen LogP contribution in [0.2, 0.25) is 0 Å². The first-order valence-electron chi connectivity index (χ1n) is 5.12. The lowest BCUT2D eigenvalue weighted by Crippen LogP contribution is -2.25. The molecule has 6 nitrogen and oxygen atoms in total. The second-order valence-electron chi connectivity index (χ2n) is 3.65. The van der Waals surface area contributed by atoms with Crippen molar-refractivity contribution >= 4 is 11.6 Å². The molecule has 0 aliphatic carbocycles. The second-order valence-corrected chi connectivity index (χ2v) is 3.65. The summed E-state index contributed by atoms with van der Waals surface area (Å²) in [7, 11) is 1.72. The first kappa shape index (κ1) is 11.1. The van der Waals surface area contributed by atoms with E-state index < -0.39 is 0 Å². The summed E-state index contributed by atoms with van der Waals surface area (Å²) in [5.74, 6) is -0.174. The van der Waals surface area contributed by atoms with Crippen LogP contribution in [0.25, 0.3) is 0 Å². The van der Waals surface area contributed by atoms with Gasteiger partial charge in [0, 0.05) is 32.2 Å². The lowest BCUT2D eigenvalue weighted by molar-refractivity contribution is 0.0941. The number of nitrogens with two attached hydrogens (primary N) is 1. The zero-order valence-corrected chi connectivity index (χ0v) is 9.42. The topological polar surface area (TPSA) is 85.8 Å². The van der Waals surface area contributed by atoms with Crippen LogP contribution in [0.4, 0.5) is 5.69 Å². The molecule has 0 aliphatic rings. The number of pyridine rings is 1. The summed E-state index contributed by atoms with van der Waals surface area (Å²) < 4.78 is 1.52. The molecule has 0 aliphatic heterocycles. The number of nitrogens with one attached hydrogen (secondary N) is 1. The number of rotatable bonds is 3. The molecule has 3 N–H and O–H groups in total. The van der Waals surface area contributed by atoms with E-state index in [1.807, 2.05) is 0 Å². The third kappa shape index (κ3) is 2.60. The molecule has 2 heterocycles. The smallest absolute Gasteiger partial charge is 0.269 e. The summed E-state index contributed by atoms with van der Waals surface area (Å²) in [5.41, 5.74) is 7.55. The first-order chi connectivity index (χ1) is 8.16. The number of amides is 1. The SMILES string of the molecule is Cn1nccc1C(=O)NCc1cncc(N)c1. The van der Waals surface area contributed by atoms with Gasteiger partial charge in [-0.15, -0.1) is 0 Å². The van der Waals surface area contributed by atoms with Crippen molar-refractivity contribution in [3.63, 3.8) is 0 Å². The Morgan fingerprint density at radius 2 is 2.35 bits per heavy atom. The van der Waals surface area contributed by atoms with E-state index in [-0.39, 0.29) is 5.91 Å². The lowest BCUT2D eigenvalue weighted by Gasteiger charge is -2.05. The minimum Gasteiger partial charge on any atom is -0.397 e. The van der Waals surface area contributed by atoms with Gasteiger partial charge in [0.1, 0.15) is 5.69 Å². The van der Waals surface area contributed by atoms with Crippen LogP contribution in [0.1, 0.15) is 16.1 Å². The van der Waals surface area contributed by atoms with Crippen molar-refractivity contribution in [2.75, 3.05) is 5.73 Å². The minimum absolute atomic E-state index is 0.174. The highest BCUT2D eigenvalue weighted by Gasteiger charge is 2.08. The van der Waals surface area contributed by atoms with Gasteiger partial charge in [0.2, 0.25) is 0 Å². The molecule has 0 aromatic carbocycles. The summed E-state index contributed by atoms with van der Waals surface area (Å²) >= 11 is 0. The van der Waals surface area contributed by atoms with Gasteiger partial charge in [-0.2, -0.15) is 5.10 Å². The molecule has 0 unspecified atom stereocenters. The fourth-order valence-electron chi connectivity index (χ4n) is 1.47. The first-order valence-corrected chi connectivity index (χ1v) is 5.12. The van der Waals surface area contributed by atoms with Crippen molar-refractivity contribution in [1.29, 1.82) is 0 Å². The fourth-order valence-corrected chi connectivity index (χ4v) is 1.47. The fraction of sp³-hybridized carbons (Fsp3) is 0.182. The van der Waals surface area contributed by atoms with E-state index >= 15 is 0 Å². The normalized spacial score (nSPS) is 10.2. The van der Waals surface area contributed by atoms with Gasteiger partial charge < -0.3 is 11.1 Å². The van der Waals surface area contributed by atoms with Crippen LogP contribution in [0.15, 0.2) is 30.7 Å². The molecule has 6 heteroatoms. The number of nitrogen functional groups attached to an aromatic ring is 1. The molecular weight excluding hydrogens is 218 g/mol. The molecule has 0 fully saturated rings. The van der Waals surface area contributed by atoms with Crippen LogP contribution >= 0.6 is 0 Å². The molecule has 2 rings (SSSR count). The number of anilines is 1. The van der Waals surface area contributed by atoms with Crippen LogP contribution in [-0.4, -0.2) is 20.7 Å². The van der Waals surface area contributed by atoms with E-state index in [1.165, 1.54) is 4.68 Å². The van der Waals surface area contributed by atoms with Crippen molar-refractivity contribution in [2.24, 2.45) is 7.05 Å². The summed E-state index contributed by atoms with van der Waals surface area (Å²) in [6, 6.07) is 3.43. The molecule has 0 saturated carbocycles. The maximum Gasteiger partial charge on any atom is 0.269 e. The molecular formula is C11H13N5O. The van der Waals surface area contributed by atoms with Crippen LogP contribution in [0.5, 0.6) is 0 Å². The molecule has 2 aromatic rings. The number of aromatic nitrogens is 3. The predicted molar refractivity (Wildman–Crippen MR) is 63.0 cm³/mol. The Kier molecular flexibility index (Phi) is 3.04. The molecule has 0 bridgehead atoms. The summed E-state index contributed by atoms with van der Waals surface area (Å²) in [6.45, 7) is 0.391. The van der Waals surface area contributed by atoms with Gasteiger partial charge in [0.15, 0.2) is 0 Å². The van der Waals surface area contributed by atoms with Crippen molar-refractivity contribution in [3.8, 4) is 0 Å². The summed E-state index contributed by atoms with van der Waals surface area (Å²) in [6.07, 6.45) is 4.81. The van der Waals surface area contributed by atoms with E-state index in [2.05, 4.69) is 15.4 Å². The van der Waals surface area contributed by atoms with Crippen LogP contribution < -0.4 is 11.1 Å². The van der Waals surface area contributed by atoms with E-state index in [0.717, 1.165) is 5.56 Å². The summed E-state index contributed by atoms with van der Waals surface area (Å²) in [4.78, 5) is 15.7. The van der Waals surface area contributed by atoms with Gasteiger partial charge in [-0.3, -0.25) is 14.5 Å². The van der Waals surface area contributed by atoms with Gasteiger partial charge in [-0.05, 0) is 17.7 Å². The second kappa shape index (κ2) is 4.65. The van der Waals surface area contributed by atoms with E-state index in [0.29, 0.717) is 17.9 Å².